The van der Waals surface area contributed by atoms with Crippen molar-refractivity contribution >= 4 is 0 Å². The molecular weight excluding hydrogens is 180 g/mol. The quantitative estimate of drug-likeness (QED) is 0.677. The van der Waals surface area contributed by atoms with Crippen molar-refractivity contribution < 1.29 is 9.47 Å². The van der Waals surface area contributed by atoms with Gasteiger partial charge in [0, 0.05) is 20.2 Å². The molecule has 0 spiro atoms. The molecular formula is C10H22N2O2. The van der Waals surface area contributed by atoms with Crippen LogP contribution >= 0.6 is 0 Å². The summed E-state index contributed by atoms with van der Waals surface area (Å²) in [7, 11) is 3.68. The molecule has 1 saturated heterocycles. The summed E-state index contributed by atoms with van der Waals surface area (Å²) < 4.78 is 10.9. The monoisotopic (exact) mass is 202 g/mol. The van der Waals surface area contributed by atoms with Crippen LogP contribution in [0.4, 0.5) is 0 Å². The van der Waals surface area contributed by atoms with Gasteiger partial charge < -0.3 is 14.8 Å². The fraction of sp³-hybridized carbons (Fsp3) is 1.00. The van der Waals surface area contributed by atoms with E-state index in [2.05, 4.69) is 17.1 Å². The van der Waals surface area contributed by atoms with E-state index in [0.29, 0.717) is 12.6 Å². The highest BCUT2D eigenvalue weighted by Gasteiger charge is 2.26. The Morgan fingerprint density at radius 2 is 2.43 bits per heavy atom. The average Bonchev–Trinajstić information content (AvgIpc) is 2.26. The summed E-state index contributed by atoms with van der Waals surface area (Å²) in [4.78, 5) is 2.41. The molecule has 84 valence electrons. The van der Waals surface area contributed by atoms with Crippen molar-refractivity contribution in [2.75, 3.05) is 47.0 Å². The number of likely N-dealkylation sites (N-methyl/N-ethyl adjacent to an activating group) is 2. The minimum atomic E-state index is 0.258. The molecule has 1 rings (SSSR count). The smallest absolute Gasteiger partial charge is 0.0877 e. The van der Waals surface area contributed by atoms with E-state index in [0.717, 1.165) is 26.2 Å². The zero-order valence-corrected chi connectivity index (χ0v) is 9.45. The first-order valence-corrected chi connectivity index (χ1v) is 5.32. The Hall–Kier alpha value is -0.160. The number of methoxy groups -OCH3 is 1. The second-order valence-corrected chi connectivity index (χ2v) is 3.65. The van der Waals surface area contributed by atoms with E-state index in [1.54, 1.807) is 7.11 Å². The number of morpholine rings is 1. The number of rotatable bonds is 5. The zero-order valence-electron chi connectivity index (χ0n) is 9.45. The molecule has 1 heterocycles. The van der Waals surface area contributed by atoms with Crippen LogP contribution in [0.25, 0.3) is 0 Å². The SMILES string of the molecule is CCN1CCOC(C(COC)NC)C1. The molecule has 0 aromatic carbocycles. The lowest BCUT2D eigenvalue weighted by molar-refractivity contribution is -0.0552. The molecule has 0 aromatic rings. The molecule has 2 unspecified atom stereocenters. The van der Waals surface area contributed by atoms with E-state index in [1.807, 2.05) is 7.05 Å². The first-order valence-electron chi connectivity index (χ1n) is 5.32. The summed E-state index contributed by atoms with van der Waals surface area (Å²) in [6.07, 6.45) is 0.258. The van der Waals surface area contributed by atoms with Crippen molar-refractivity contribution in [3.05, 3.63) is 0 Å². The molecule has 2 atom stereocenters. The third-order valence-electron chi connectivity index (χ3n) is 2.79. The number of nitrogens with one attached hydrogen (secondary N) is 1. The van der Waals surface area contributed by atoms with Crippen LogP contribution in [-0.4, -0.2) is 64.1 Å². The highest BCUT2D eigenvalue weighted by atomic mass is 16.5. The normalized spacial score (nSPS) is 26.4. The Bertz CT molecular complexity index is 155. The molecule has 4 nitrogen and oxygen atoms in total. The third kappa shape index (κ3) is 3.20. The van der Waals surface area contributed by atoms with E-state index in [9.17, 15) is 0 Å². The minimum absolute atomic E-state index is 0.258. The van der Waals surface area contributed by atoms with Gasteiger partial charge in [0.2, 0.25) is 0 Å². The van der Waals surface area contributed by atoms with Crippen molar-refractivity contribution in [3.8, 4) is 0 Å². The standard InChI is InChI=1S/C10H22N2O2/c1-4-12-5-6-14-10(7-12)9(11-2)8-13-3/h9-11H,4-8H2,1-3H3. The molecule has 0 bridgehead atoms. The third-order valence-corrected chi connectivity index (χ3v) is 2.79. The molecule has 0 radical (unpaired) electrons. The van der Waals surface area contributed by atoms with Gasteiger partial charge >= 0.3 is 0 Å². The Labute approximate surface area is 86.6 Å². The van der Waals surface area contributed by atoms with Gasteiger partial charge in [0.05, 0.1) is 25.4 Å². The molecule has 0 aromatic heterocycles. The number of hydrogen-bond donors (Lipinski definition) is 1. The highest BCUT2D eigenvalue weighted by molar-refractivity contribution is 4.81. The van der Waals surface area contributed by atoms with Crippen LogP contribution < -0.4 is 5.32 Å². The van der Waals surface area contributed by atoms with Crippen LogP contribution in [0, 0.1) is 0 Å². The molecule has 4 heteroatoms. The van der Waals surface area contributed by atoms with Crippen LogP contribution in [0.5, 0.6) is 0 Å². The van der Waals surface area contributed by atoms with Gasteiger partial charge in [-0.05, 0) is 13.6 Å². The van der Waals surface area contributed by atoms with Crippen LogP contribution in [0.2, 0.25) is 0 Å². The Morgan fingerprint density at radius 1 is 1.64 bits per heavy atom. The number of hydrogen-bond acceptors (Lipinski definition) is 4. The van der Waals surface area contributed by atoms with Crippen molar-refractivity contribution in [1.29, 1.82) is 0 Å². The first-order chi connectivity index (χ1) is 6.81. The second-order valence-electron chi connectivity index (χ2n) is 3.65. The maximum Gasteiger partial charge on any atom is 0.0877 e. The Morgan fingerprint density at radius 3 is 3.00 bits per heavy atom. The van der Waals surface area contributed by atoms with E-state index in [1.165, 1.54) is 0 Å². The molecule has 1 N–H and O–H groups in total. The van der Waals surface area contributed by atoms with E-state index < -0.39 is 0 Å². The van der Waals surface area contributed by atoms with E-state index in [-0.39, 0.29) is 6.10 Å². The fourth-order valence-electron chi connectivity index (χ4n) is 1.82. The summed E-state index contributed by atoms with van der Waals surface area (Å²) in [5.74, 6) is 0. The lowest BCUT2D eigenvalue weighted by Gasteiger charge is -2.36. The summed E-state index contributed by atoms with van der Waals surface area (Å²) in [6.45, 7) is 6.89. The van der Waals surface area contributed by atoms with Crippen molar-refractivity contribution in [2.45, 2.75) is 19.1 Å². The largest absolute Gasteiger partial charge is 0.383 e. The predicted octanol–water partition coefficient (Wildman–Crippen LogP) is -0.0585. The van der Waals surface area contributed by atoms with Gasteiger partial charge in [0.25, 0.3) is 0 Å². The van der Waals surface area contributed by atoms with Crippen LogP contribution in [-0.2, 0) is 9.47 Å². The second kappa shape index (κ2) is 6.35. The van der Waals surface area contributed by atoms with Gasteiger partial charge in [0.15, 0.2) is 0 Å². The van der Waals surface area contributed by atoms with Gasteiger partial charge in [0.1, 0.15) is 0 Å². The molecule has 1 aliphatic heterocycles. The first kappa shape index (κ1) is 11.9. The average molecular weight is 202 g/mol. The van der Waals surface area contributed by atoms with Gasteiger partial charge in [-0.3, -0.25) is 4.90 Å². The van der Waals surface area contributed by atoms with Crippen LogP contribution in [0.15, 0.2) is 0 Å². The summed E-state index contributed by atoms with van der Waals surface area (Å²) in [6, 6.07) is 0.300. The molecule has 1 fully saturated rings. The summed E-state index contributed by atoms with van der Waals surface area (Å²) in [5, 5.41) is 3.24. The molecule has 0 saturated carbocycles. The Kier molecular flexibility index (Phi) is 5.40. The maximum atomic E-state index is 5.73. The van der Waals surface area contributed by atoms with Gasteiger partial charge in [-0.15, -0.1) is 0 Å². The van der Waals surface area contributed by atoms with Crippen molar-refractivity contribution in [1.82, 2.24) is 10.2 Å². The number of ether oxygens (including phenoxy) is 2. The number of nitrogens with zero attached hydrogens (tertiary/aromatic N) is 1. The van der Waals surface area contributed by atoms with Crippen molar-refractivity contribution in [2.24, 2.45) is 0 Å². The fourth-order valence-corrected chi connectivity index (χ4v) is 1.82. The molecule has 0 aliphatic carbocycles. The van der Waals surface area contributed by atoms with Gasteiger partial charge in [-0.2, -0.15) is 0 Å². The minimum Gasteiger partial charge on any atom is -0.383 e. The molecule has 0 amide bonds. The predicted molar refractivity (Wildman–Crippen MR) is 56.6 cm³/mol. The lowest BCUT2D eigenvalue weighted by Crippen LogP contribution is -2.53. The molecule has 1 aliphatic rings. The lowest BCUT2D eigenvalue weighted by atomic mass is 10.1. The zero-order chi connectivity index (χ0) is 10.4. The van der Waals surface area contributed by atoms with E-state index in [4.69, 9.17) is 9.47 Å². The summed E-state index contributed by atoms with van der Waals surface area (Å²) >= 11 is 0. The van der Waals surface area contributed by atoms with Gasteiger partial charge in [-0.1, -0.05) is 6.92 Å². The molecule has 14 heavy (non-hydrogen) atoms. The van der Waals surface area contributed by atoms with Crippen molar-refractivity contribution in [3.63, 3.8) is 0 Å². The summed E-state index contributed by atoms with van der Waals surface area (Å²) in [5.41, 5.74) is 0. The highest BCUT2D eigenvalue weighted by Crippen LogP contribution is 2.08. The van der Waals surface area contributed by atoms with Crippen LogP contribution in [0.1, 0.15) is 6.92 Å². The van der Waals surface area contributed by atoms with E-state index >= 15 is 0 Å². The maximum absolute atomic E-state index is 5.73. The topological polar surface area (TPSA) is 33.7 Å². The Balaban J connectivity index is 2.40. The van der Waals surface area contributed by atoms with Crippen LogP contribution in [0.3, 0.4) is 0 Å². The van der Waals surface area contributed by atoms with Gasteiger partial charge in [-0.25, -0.2) is 0 Å².